The van der Waals surface area contributed by atoms with Crippen molar-refractivity contribution >= 4 is 69.3 Å². The molecule has 0 atom stereocenters. The third kappa shape index (κ3) is 7.18. The van der Waals surface area contributed by atoms with Gasteiger partial charge in [0.05, 0.1) is 24.0 Å². The second-order valence-electron chi connectivity index (χ2n) is 7.01. The zero-order valence-electron chi connectivity index (χ0n) is 18.7. The molecule has 3 rings (SSSR count). The summed E-state index contributed by atoms with van der Waals surface area (Å²) in [5, 5.41) is 16.8. The molecule has 0 saturated carbocycles. The van der Waals surface area contributed by atoms with Crippen molar-refractivity contribution < 1.29 is 24.2 Å². The smallest absolute Gasteiger partial charge is 0.287 e. The number of nitrogens with one attached hydrogen (secondary N) is 2. The van der Waals surface area contributed by atoms with Gasteiger partial charge in [-0.05, 0) is 93.7 Å². The van der Waals surface area contributed by atoms with E-state index in [9.17, 15) is 14.7 Å². The highest BCUT2D eigenvalue weighted by Crippen LogP contribution is 2.27. The van der Waals surface area contributed by atoms with Gasteiger partial charge in [-0.2, -0.15) is 5.10 Å². The van der Waals surface area contributed by atoms with Crippen LogP contribution in [0.3, 0.4) is 0 Å². The van der Waals surface area contributed by atoms with E-state index in [0.717, 1.165) is 3.57 Å². The van der Waals surface area contributed by atoms with Crippen molar-refractivity contribution in [3.8, 4) is 17.2 Å². The van der Waals surface area contributed by atoms with Crippen molar-refractivity contribution in [1.82, 2.24) is 10.7 Å². The van der Waals surface area contributed by atoms with Crippen molar-refractivity contribution in [1.29, 1.82) is 0 Å². The molecule has 3 aromatic carbocycles. The number of nitrogens with zero attached hydrogens (tertiary/aromatic N) is 1. The van der Waals surface area contributed by atoms with E-state index in [0.29, 0.717) is 31.8 Å². The number of aromatic hydroxyl groups is 1. The number of phenolic OH excluding ortho intramolecular Hbond substituents is 1. The van der Waals surface area contributed by atoms with Crippen molar-refractivity contribution in [3.63, 3.8) is 0 Å². The fourth-order valence-corrected chi connectivity index (χ4v) is 4.84. The van der Waals surface area contributed by atoms with Gasteiger partial charge in [-0.15, -0.1) is 0 Å². The molecule has 0 aliphatic heterocycles. The van der Waals surface area contributed by atoms with Crippen LogP contribution in [0.1, 0.15) is 21.5 Å². The largest absolute Gasteiger partial charge is 0.506 e. The standard InChI is InChI=1S/C25H21I2N3O5/c1-34-19-8-9-22(35-2)16(11-19)12-21(29-24(32)15-6-4-3-5-7-15)25(33)30-28-14-17-10-18(26)13-20(27)23(17)31/h3-14,31H,1-2H3,(H,29,32)(H,30,33). The number of methoxy groups -OCH3 is 2. The lowest BCUT2D eigenvalue weighted by Crippen LogP contribution is -2.32. The van der Waals surface area contributed by atoms with Crippen LogP contribution < -0.4 is 20.2 Å². The molecular formula is C25H21I2N3O5. The van der Waals surface area contributed by atoms with Gasteiger partial charge in [0.25, 0.3) is 11.8 Å². The van der Waals surface area contributed by atoms with E-state index in [1.54, 1.807) is 54.6 Å². The maximum absolute atomic E-state index is 13.0. The molecule has 0 spiro atoms. The fourth-order valence-electron chi connectivity index (χ4n) is 2.96. The molecule has 180 valence electrons. The van der Waals surface area contributed by atoms with Crippen molar-refractivity contribution in [3.05, 3.63) is 90.2 Å². The summed E-state index contributed by atoms with van der Waals surface area (Å²) in [6.07, 6.45) is 2.80. The summed E-state index contributed by atoms with van der Waals surface area (Å²) in [5.41, 5.74) is 3.67. The number of halogens is 2. The second kappa shape index (κ2) is 12.5. The van der Waals surface area contributed by atoms with Gasteiger partial charge in [-0.1, -0.05) is 18.2 Å². The molecule has 0 fully saturated rings. The van der Waals surface area contributed by atoms with Gasteiger partial charge in [0.15, 0.2) is 0 Å². The summed E-state index contributed by atoms with van der Waals surface area (Å²) in [4.78, 5) is 25.8. The van der Waals surface area contributed by atoms with Crippen molar-refractivity contribution in [2.45, 2.75) is 0 Å². The monoisotopic (exact) mass is 697 g/mol. The van der Waals surface area contributed by atoms with Crippen LogP contribution in [0, 0.1) is 7.14 Å². The molecule has 0 bridgehead atoms. The van der Waals surface area contributed by atoms with Crippen LogP contribution in [0.25, 0.3) is 6.08 Å². The Morgan fingerprint density at radius 3 is 2.40 bits per heavy atom. The van der Waals surface area contributed by atoms with E-state index in [1.807, 2.05) is 28.7 Å². The van der Waals surface area contributed by atoms with Crippen LogP contribution in [0.2, 0.25) is 0 Å². The van der Waals surface area contributed by atoms with Gasteiger partial charge in [-0.3, -0.25) is 9.59 Å². The summed E-state index contributed by atoms with van der Waals surface area (Å²) in [5.74, 6) is -0.0592. The van der Waals surface area contributed by atoms with E-state index < -0.39 is 11.8 Å². The third-order valence-electron chi connectivity index (χ3n) is 4.69. The molecule has 35 heavy (non-hydrogen) atoms. The van der Waals surface area contributed by atoms with E-state index in [-0.39, 0.29) is 11.4 Å². The summed E-state index contributed by atoms with van der Waals surface area (Å²) in [6, 6.07) is 17.1. The van der Waals surface area contributed by atoms with Gasteiger partial charge in [0.2, 0.25) is 0 Å². The van der Waals surface area contributed by atoms with Crippen LogP contribution in [-0.4, -0.2) is 37.4 Å². The lowest BCUT2D eigenvalue weighted by molar-refractivity contribution is -0.117. The Kier molecular flexibility index (Phi) is 9.48. The quantitative estimate of drug-likeness (QED) is 0.139. The van der Waals surface area contributed by atoms with E-state index in [1.165, 1.54) is 26.5 Å². The molecule has 0 aliphatic carbocycles. The molecule has 0 unspecified atom stereocenters. The lowest BCUT2D eigenvalue weighted by Gasteiger charge is -2.12. The number of benzene rings is 3. The average molecular weight is 697 g/mol. The molecule has 3 N–H and O–H groups in total. The van der Waals surface area contributed by atoms with Crippen molar-refractivity contribution in [2.75, 3.05) is 14.2 Å². The van der Waals surface area contributed by atoms with Crippen molar-refractivity contribution in [2.24, 2.45) is 5.10 Å². The zero-order chi connectivity index (χ0) is 25.4. The Morgan fingerprint density at radius 1 is 0.971 bits per heavy atom. The first kappa shape index (κ1) is 26.5. The number of carbonyl (C=O) groups excluding carboxylic acids is 2. The minimum absolute atomic E-state index is 0.0540. The number of amides is 2. The van der Waals surface area contributed by atoms with Gasteiger partial charge >= 0.3 is 0 Å². The zero-order valence-corrected chi connectivity index (χ0v) is 23.0. The number of rotatable bonds is 8. The Morgan fingerprint density at radius 2 is 1.71 bits per heavy atom. The maximum atomic E-state index is 13.0. The second-order valence-corrected chi connectivity index (χ2v) is 9.42. The first-order valence-corrected chi connectivity index (χ1v) is 12.3. The molecule has 0 heterocycles. The number of ether oxygens (including phenoxy) is 2. The molecule has 2 amide bonds. The molecular weight excluding hydrogens is 676 g/mol. The van der Waals surface area contributed by atoms with E-state index >= 15 is 0 Å². The summed E-state index contributed by atoms with van der Waals surface area (Å²) in [6.45, 7) is 0. The third-order valence-corrected chi connectivity index (χ3v) is 6.14. The predicted molar refractivity (Wildman–Crippen MR) is 151 cm³/mol. The number of hydrogen-bond acceptors (Lipinski definition) is 6. The van der Waals surface area contributed by atoms with Gasteiger partial charge in [0, 0.05) is 20.3 Å². The molecule has 10 heteroatoms. The predicted octanol–water partition coefficient (Wildman–Crippen LogP) is 4.54. The van der Waals surface area contributed by atoms with Crippen LogP contribution in [0.15, 0.2) is 71.5 Å². The number of hydrazone groups is 1. The normalized spacial score (nSPS) is 11.3. The first-order valence-electron chi connectivity index (χ1n) is 10.1. The van der Waals surface area contributed by atoms with Gasteiger partial charge < -0.3 is 19.9 Å². The molecule has 3 aromatic rings. The highest BCUT2D eigenvalue weighted by Gasteiger charge is 2.16. The van der Waals surface area contributed by atoms with E-state index in [2.05, 4.69) is 38.4 Å². The fraction of sp³-hybridized carbons (Fsp3) is 0.0800. The Labute approximate surface area is 229 Å². The summed E-state index contributed by atoms with van der Waals surface area (Å²) >= 11 is 4.14. The molecule has 0 aromatic heterocycles. The Bertz CT molecular complexity index is 1290. The summed E-state index contributed by atoms with van der Waals surface area (Å²) in [7, 11) is 3.02. The van der Waals surface area contributed by atoms with Gasteiger partial charge in [0.1, 0.15) is 22.9 Å². The maximum Gasteiger partial charge on any atom is 0.287 e. The highest BCUT2D eigenvalue weighted by molar-refractivity contribution is 14.1. The minimum Gasteiger partial charge on any atom is -0.506 e. The number of hydrogen-bond donors (Lipinski definition) is 3. The van der Waals surface area contributed by atoms with Crippen LogP contribution in [-0.2, 0) is 4.79 Å². The Hall–Kier alpha value is -3.13. The first-order chi connectivity index (χ1) is 16.8. The highest BCUT2D eigenvalue weighted by atomic mass is 127. The SMILES string of the molecule is COc1ccc(OC)c(C=C(NC(=O)c2ccccc2)C(=O)NN=Cc2cc(I)cc(I)c2O)c1. The minimum atomic E-state index is -0.671. The summed E-state index contributed by atoms with van der Waals surface area (Å²) < 4.78 is 12.2. The lowest BCUT2D eigenvalue weighted by atomic mass is 10.1. The van der Waals surface area contributed by atoms with E-state index in [4.69, 9.17) is 9.47 Å². The Balaban J connectivity index is 1.93. The van der Waals surface area contributed by atoms with Crippen LogP contribution in [0.4, 0.5) is 0 Å². The molecule has 0 aliphatic rings. The van der Waals surface area contributed by atoms with Crippen LogP contribution in [0.5, 0.6) is 17.2 Å². The molecule has 8 nitrogen and oxygen atoms in total. The number of phenols is 1. The topological polar surface area (TPSA) is 109 Å². The molecule has 0 radical (unpaired) electrons. The molecule has 0 saturated heterocycles. The van der Waals surface area contributed by atoms with Gasteiger partial charge in [-0.25, -0.2) is 5.43 Å². The van der Waals surface area contributed by atoms with Crippen LogP contribution >= 0.6 is 45.2 Å². The number of carbonyl (C=O) groups is 2. The average Bonchev–Trinajstić information content (AvgIpc) is 2.86.